The van der Waals surface area contributed by atoms with Gasteiger partial charge in [-0.15, -0.1) is 0 Å². The van der Waals surface area contributed by atoms with E-state index in [1.165, 1.54) is 0 Å². The monoisotopic (exact) mass is 204 g/mol. The number of ether oxygens (including phenoxy) is 1. The zero-order valence-corrected chi connectivity index (χ0v) is 8.94. The van der Waals surface area contributed by atoms with Gasteiger partial charge in [0.1, 0.15) is 12.4 Å². The predicted molar refractivity (Wildman–Crippen MR) is 59.6 cm³/mol. The molecule has 15 heavy (non-hydrogen) atoms. The molecule has 0 aliphatic heterocycles. The molecule has 3 heteroatoms. The minimum Gasteiger partial charge on any atom is -0.492 e. The Morgan fingerprint density at radius 2 is 2.13 bits per heavy atom. The van der Waals surface area contributed by atoms with Crippen molar-refractivity contribution in [2.45, 2.75) is 6.92 Å². The molecule has 1 unspecified atom stereocenters. The fraction of sp³-hybridized carbons (Fsp3) is 0.417. The van der Waals surface area contributed by atoms with Crippen LogP contribution >= 0.6 is 0 Å². The molecule has 0 aromatic heterocycles. The van der Waals surface area contributed by atoms with E-state index in [0.717, 1.165) is 12.3 Å². The van der Waals surface area contributed by atoms with Crippen LogP contribution in [-0.4, -0.2) is 19.7 Å². The molecule has 0 saturated heterocycles. The highest BCUT2D eigenvalue weighted by Crippen LogP contribution is 2.07. The average Bonchev–Trinajstić information content (AvgIpc) is 2.29. The molecule has 0 radical (unpaired) electrons. The Labute approximate surface area is 90.7 Å². The summed E-state index contributed by atoms with van der Waals surface area (Å²) in [5.74, 6) is 0.939. The summed E-state index contributed by atoms with van der Waals surface area (Å²) in [5, 5.41) is 11.7. The van der Waals surface area contributed by atoms with Gasteiger partial charge in [0.2, 0.25) is 0 Å². The summed E-state index contributed by atoms with van der Waals surface area (Å²) in [5.41, 5.74) is 0. The van der Waals surface area contributed by atoms with Crippen LogP contribution in [0.25, 0.3) is 0 Å². The van der Waals surface area contributed by atoms with E-state index in [1.54, 1.807) is 0 Å². The fourth-order valence-electron chi connectivity index (χ4n) is 1.12. The van der Waals surface area contributed by atoms with Gasteiger partial charge in [0.05, 0.1) is 12.0 Å². The van der Waals surface area contributed by atoms with Gasteiger partial charge in [-0.2, -0.15) is 5.26 Å². The molecule has 0 fully saturated rings. The lowest BCUT2D eigenvalue weighted by Gasteiger charge is -2.07. The normalized spacial score (nSPS) is 11.7. The number of nitriles is 1. The van der Waals surface area contributed by atoms with Crippen LogP contribution in [0.15, 0.2) is 30.3 Å². The van der Waals surface area contributed by atoms with E-state index in [-0.39, 0.29) is 5.92 Å². The van der Waals surface area contributed by atoms with E-state index in [1.807, 2.05) is 37.3 Å². The van der Waals surface area contributed by atoms with E-state index >= 15 is 0 Å². The van der Waals surface area contributed by atoms with Crippen molar-refractivity contribution in [3.63, 3.8) is 0 Å². The number of hydrogen-bond donors (Lipinski definition) is 1. The molecule has 1 N–H and O–H groups in total. The molecule has 0 amide bonds. The Kier molecular flexibility index (Phi) is 5.28. The first kappa shape index (κ1) is 11.5. The van der Waals surface area contributed by atoms with Gasteiger partial charge in [-0.3, -0.25) is 0 Å². The molecule has 1 aromatic rings. The third kappa shape index (κ3) is 5.04. The Morgan fingerprint density at radius 1 is 1.40 bits per heavy atom. The second kappa shape index (κ2) is 6.86. The fourth-order valence-corrected chi connectivity index (χ4v) is 1.12. The van der Waals surface area contributed by atoms with Crippen molar-refractivity contribution in [3.05, 3.63) is 30.3 Å². The van der Waals surface area contributed by atoms with E-state index in [0.29, 0.717) is 13.2 Å². The van der Waals surface area contributed by atoms with Crippen LogP contribution in [-0.2, 0) is 0 Å². The van der Waals surface area contributed by atoms with Crippen molar-refractivity contribution in [1.82, 2.24) is 5.32 Å². The van der Waals surface area contributed by atoms with E-state index in [4.69, 9.17) is 10.00 Å². The highest BCUT2D eigenvalue weighted by atomic mass is 16.5. The van der Waals surface area contributed by atoms with E-state index < -0.39 is 0 Å². The Morgan fingerprint density at radius 3 is 2.80 bits per heavy atom. The smallest absolute Gasteiger partial charge is 0.119 e. The molecular formula is C12H16N2O. The maximum absolute atomic E-state index is 8.55. The minimum atomic E-state index is 0.0572. The molecule has 1 atom stereocenters. The summed E-state index contributed by atoms with van der Waals surface area (Å²) in [7, 11) is 0. The number of nitrogens with zero attached hydrogens (tertiary/aromatic N) is 1. The van der Waals surface area contributed by atoms with Crippen LogP contribution in [0.1, 0.15) is 6.92 Å². The Hall–Kier alpha value is -1.53. The maximum atomic E-state index is 8.55. The summed E-state index contributed by atoms with van der Waals surface area (Å²) in [6.07, 6.45) is 0. The molecule has 3 nitrogen and oxygen atoms in total. The van der Waals surface area contributed by atoms with Gasteiger partial charge in [-0.25, -0.2) is 0 Å². The molecule has 1 rings (SSSR count). The van der Waals surface area contributed by atoms with Gasteiger partial charge in [-0.1, -0.05) is 18.2 Å². The Balaban J connectivity index is 2.06. The topological polar surface area (TPSA) is 45.0 Å². The van der Waals surface area contributed by atoms with Crippen LogP contribution in [0.5, 0.6) is 5.75 Å². The molecule has 80 valence electrons. The molecule has 0 bridgehead atoms. The van der Waals surface area contributed by atoms with Crippen molar-refractivity contribution in [2.75, 3.05) is 19.7 Å². The molecular weight excluding hydrogens is 188 g/mol. The first-order valence-corrected chi connectivity index (χ1v) is 5.11. The van der Waals surface area contributed by atoms with Gasteiger partial charge in [-0.05, 0) is 19.1 Å². The van der Waals surface area contributed by atoms with Gasteiger partial charge in [0.15, 0.2) is 0 Å². The Bertz CT molecular complexity index is 305. The molecule has 0 aliphatic carbocycles. The van der Waals surface area contributed by atoms with Crippen molar-refractivity contribution in [1.29, 1.82) is 5.26 Å². The maximum Gasteiger partial charge on any atom is 0.119 e. The largest absolute Gasteiger partial charge is 0.492 e. The third-order valence-corrected chi connectivity index (χ3v) is 1.96. The van der Waals surface area contributed by atoms with Crippen LogP contribution in [0, 0.1) is 17.2 Å². The van der Waals surface area contributed by atoms with Crippen LogP contribution in [0.4, 0.5) is 0 Å². The number of nitrogens with one attached hydrogen (secondary N) is 1. The van der Waals surface area contributed by atoms with Crippen molar-refractivity contribution < 1.29 is 4.74 Å². The predicted octanol–water partition coefficient (Wildman–Crippen LogP) is 1.81. The second-order valence-electron chi connectivity index (χ2n) is 3.40. The van der Waals surface area contributed by atoms with Crippen LogP contribution in [0.2, 0.25) is 0 Å². The van der Waals surface area contributed by atoms with Crippen LogP contribution in [0.3, 0.4) is 0 Å². The summed E-state index contributed by atoms with van der Waals surface area (Å²) in [6, 6.07) is 11.9. The van der Waals surface area contributed by atoms with E-state index in [9.17, 15) is 0 Å². The number of rotatable bonds is 6. The summed E-state index contributed by atoms with van der Waals surface area (Å²) < 4.78 is 5.48. The van der Waals surface area contributed by atoms with Gasteiger partial charge < -0.3 is 10.1 Å². The molecule has 1 aromatic carbocycles. The standard InChI is InChI=1S/C12H16N2O/c1-11(9-13)10-14-7-8-15-12-5-3-2-4-6-12/h2-6,11,14H,7-8,10H2,1H3. The van der Waals surface area contributed by atoms with Crippen molar-refractivity contribution in [2.24, 2.45) is 5.92 Å². The lowest BCUT2D eigenvalue weighted by atomic mass is 10.2. The van der Waals surface area contributed by atoms with Gasteiger partial charge in [0.25, 0.3) is 0 Å². The SMILES string of the molecule is CC(C#N)CNCCOc1ccccc1. The van der Waals surface area contributed by atoms with Crippen molar-refractivity contribution in [3.8, 4) is 11.8 Å². The lowest BCUT2D eigenvalue weighted by Crippen LogP contribution is -2.25. The van der Waals surface area contributed by atoms with Crippen LogP contribution < -0.4 is 10.1 Å². The number of hydrogen-bond acceptors (Lipinski definition) is 3. The van der Waals surface area contributed by atoms with Gasteiger partial charge >= 0.3 is 0 Å². The van der Waals surface area contributed by atoms with E-state index in [2.05, 4.69) is 11.4 Å². The summed E-state index contributed by atoms with van der Waals surface area (Å²) >= 11 is 0. The van der Waals surface area contributed by atoms with Crippen molar-refractivity contribution >= 4 is 0 Å². The third-order valence-electron chi connectivity index (χ3n) is 1.96. The molecule has 0 spiro atoms. The number of benzene rings is 1. The first-order valence-electron chi connectivity index (χ1n) is 5.11. The first-order chi connectivity index (χ1) is 7.33. The summed E-state index contributed by atoms with van der Waals surface area (Å²) in [4.78, 5) is 0. The minimum absolute atomic E-state index is 0.0572. The summed E-state index contributed by atoms with van der Waals surface area (Å²) in [6.45, 7) is 4.00. The average molecular weight is 204 g/mol. The lowest BCUT2D eigenvalue weighted by molar-refractivity contribution is 0.312. The highest BCUT2D eigenvalue weighted by molar-refractivity contribution is 5.20. The molecule has 0 heterocycles. The zero-order valence-electron chi connectivity index (χ0n) is 8.94. The molecule has 0 aliphatic rings. The van der Waals surface area contributed by atoms with Gasteiger partial charge in [0, 0.05) is 13.1 Å². The highest BCUT2D eigenvalue weighted by Gasteiger charge is 1.97. The quantitative estimate of drug-likeness (QED) is 0.719. The number of para-hydroxylation sites is 1. The second-order valence-corrected chi connectivity index (χ2v) is 3.40. The molecule has 0 saturated carbocycles. The zero-order chi connectivity index (χ0) is 10.9.